The Balaban J connectivity index is 2.56. The van der Waals surface area contributed by atoms with Crippen molar-refractivity contribution >= 4 is 0 Å². The molecule has 0 aliphatic carbocycles. The Morgan fingerprint density at radius 1 is 1.42 bits per heavy atom. The first-order chi connectivity index (χ1) is 5.69. The molecule has 1 aliphatic rings. The van der Waals surface area contributed by atoms with Crippen molar-refractivity contribution in [2.45, 2.75) is 30.8 Å². The Kier molecular flexibility index (Phi) is 3.22. The highest BCUT2D eigenvalue weighted by atomic mass is 16.5. The van der Waals surface area contributed by atoms with Gasteiger partial charge >= 0.3 is 0 Å². The van der Waals surface area contributed by atoms with Crippen molar-refractivity contribution in [3.8, 4) is 0 Å². The molecule has 4 atom stereocenters. The van der Waals surface area contributed by atoms with E-state index >= 15 is 0 Å². The molecule has 0 unspecified atom stereocenters. The predicted octanol–water partition coefficient (Wildman–Crippen LogP) is -0.956. The summed E-state index contributed by atoms with van der Waals surface area (Å²) < 4.78 is 5.14. The molecule has 12 heavy (non-hydrogen) atoms. The van der Waals surface area contributed by atoms with E-state index in [9.17, 15) is 10.2 Å². The van der Waals surface area contributed by atoms with Crippen molar-refractivity contribution in [3.05, 3.63) is 12.7 Å². The molecule has 0 spiro atoms. The van der Waals surface area contributed by atoms with E-state index in [2.05, 4.69) is 6.58 Å². The van der Waals surface area contributed by atoms with E-state index in [1.54, 1.807) is 0 Å². The summed E-state index contributed by atoms with van der Waals surface area (Å²) in [5.74, 6) is 0. The molecule has 0 aromatic carbocycles. The molecule has 0 radical (unpaired) electrons. The first kappa shape index (κ1) is 9.67. The van der Waals surface area contributed by atoms with Crippen LogP contribution in [0.2, 0.25) is 0 Å². The van der Waals surface area contributed by atoms with Gasteiger partial charge in [0.2, 0.25) is 0 Å². The molecule has 1 rings (SSSR count). The summed E-state index contributed by atoms with van der Waals surface area (Å²) in [4.78, 5) is 0. The summed E-state index contributed by atoms with van der Waals surface area (Å²) in [5, 5.41) is 27.3. The molecule has 4 heteroatoms. The normalized spacial score (nSPS) is 42.6. The average molecular weight is 174 g/mol. The maximum Gasteiger partial charge on any atom is 0.107 e. The maximum absolute atomic E-state index is 9.31. The van der Waals surface area contributed by atoms with Crippen molar-refractivity contribution in [3.63, 3.8) is 0 Å². The zero-order valence-corrected chi connectivity index (χ0v) is 6.76. The van der Waals surface area contributed by atoms with Crippen LogP contribution in [0.25, 0.3) is 0 Å². The molecule has 0 bridgehead atoms. The average Bonchev–Trinajstić information content (AvgIpc) is 2.05. The summed E-state index contributed by atoms with van der Waals surface area (Å²) in [6.45, 7) is 3.24. The molecule has 1 fully saturated rings. The van der Waals surface area contributed by atoms with Crippen molar-refractivity contribution in [2.75, 3.05) is 6.61 Å². The standard InChI is InChI=1S/C8H14O4/c1-2-7-5(10)3-6(11)8(4-9)12-7/h2,5-11H,1,3-4H2/t5-,6+,7+,8-/m1/s1. The number of ether oxygens (including phenoxy) is 1. The van der Waals surface area contributed by atoms with Gasteiger partial charge in [0.15, 0.2) is 0 Å². The van der Waals surface area contributed by atoms with Crippen LogP contribution >= 0.6 is 0 Å². The van der Waals surface area contributed by atoms with Gasteiger partial charge < -0.3 is 20.1 Å². The highest BCUT2D eigenvalue weighted by Gasteiger charge is 2.33. The SMILES string of the molecule is C=C[C@@H]1O[C@H](CO)[C@@H](O)C[C@H]1O. The van der Waals surface area contributed by atoms with Crippen LogP contribution < -0.4 is 0 Å². The van der Waals surface area contributed by atoms with Gasteiger partial charge in [-0.2, -0.15) is 0 Å². The highest BCUT2D eigenvalue weighted by molar-refractivity contribution is 4.93. The minimum absolute atomic E-state index is 0.224. The minimum Gasteiger partial charge on any atom is -0.394 e. The van der Waals surface area contributed by atoms with Gasteiger partial charge in [-0.05, 0) is 0 Å². The molecular formula is C8H14O4. The Morgan fingerprint density at radius 2 is 2.08 bits per heavy atom. The lowest BCUT2D eigenvalue weighted by Gasteiger charge is -2.34. The zero-order chi connectivity index (χ0) is 9.14. The van der Waals surface area contributed by atoms with E-state index in [1.165, 1.54) is 6.08 Å². The van der Waals surface area contributed by atoms with Crippen molar-refractivity contribution in [2.24, 2.45) is 0 Å². The van der Waals surface area contributed by atoms with Crippen LogP contribution in [0.1, 0.15) is 6.42 Å². The van der Waals surface area contributed by atoms with Gasteiger partial charge in [0.05, 0.1) is 18.8 Å². The number of rotatable bonds is 2. The van der Waals surface area contributed by atoms with Gasteiger partial charge in [-0.15, -0.1) is 6.58 Å². The number of aliphatic hydroxyl groups is 3. The molecule has 1 saturated heterocycles. The molecule has 1 aliphatic heterocycles. The Labute approximate surface area is 71.1 Å². The Bertz CT molecular complexity index is 159. The number of aliphatic hydroxyl groups excluding tert-OH is 3. The summed E-state index contributed by atoms with van der Waals surface area (Å²) >= 11 is 0. The monoisotopic (exact) mass is 174 g/mol. The van der Waals surface area contributed by atoms with E-state index in [1.807, 2.05) is 0 Å². The van der Waals surface area contributed by atoms with E-state index in [0.717, 1.165) is 0 Å². The van der Waals surface area contributed by atoms with Crippen LogP contribution in [0, 0.1) is 0 Å². The van der Waals surface area contributed by atoms with Gasteiger partial charge in [0, 0.05) is 6.42 Å². The molecule has 0 amide bonds. The van der Waals surface area contributed by atoms with Crippen LogP contribution in [0.5, 0.6) is 0 Å². The molecule has 70 valence electrons. The van der Waals surface area contributed by atoms with Crippen LogP contribution in [-0.4, -0.2) is 46.3 Å². The summed E-state index contributed by atoms with van der Waals surface area (Å²) in [5.41, 5.74) is 0. The van der Waals surface area contributed by atoms with Gasteiger partial charge in [-0.3, -0.25) is 0 Å². The molecular weight excluding hydrogens is 160 g/mol. The second-order valence-corrected chi connectivity index (χ2v) is 2.93. The largest absolute Gasteiger partial charge is 0.394 e. The smallest absolute Gasteiger partial charge is 0.107 e. The molecule has 1 heterocycles. The highest BCUT2D eigenvalue weighted by Crippen LogP contribution is 2.20. The number of hydrogen-bond donors (Lipinski definition) is 3. The topological polar surface area (TPSA) is 69.9 Å². The summed E-state index contributed by atoms with van der Waals surface area (Å²) in [6.07, 6.45) is -0.898. The molecule has 0 saturated carbocycles. The fourth-order valence-electron chi connectivity index (χ4n) is 1.29. The minimum atomic E-state index is -0.791. The van der Waals surface area contributed by atoms with Crippen LogP contribution in [-0.2, 0) is 4.74 Å². The third kappa shape index (κ3) is 1.84. The first-order valence-corrected chi connectivity index (χ1v) is 3.94. The lowest BCUT2D eigenvalue weighted by atomic mass is 9.99. The fourth-order valence-corrected chi connectivity index (χ4v) is 1.29. The first-order valence-electron chi connectivity index (χ1n) is 3.94. The van der Waals surface area contributed by atoms with Gasteiger partial charge in [-0.25, -0.2) is 0 Å². The third-order valence-electron chi connectivity index (χ3n) is 2.04. The van der Waals surface area contributed by atoms with E-state index in [-0.39, 0.29) is 13.0 Å². The molecule has 4 nitrogen and oxygen atoms in total. The molecule has 0 aromatic rings. The van der Waals surface area contributed by atoms with Crippen LogP contribution in [0.3, 0.4) is 0 Å². The van der Waals surface area contributed by atoms with Gasteiger partial charge in [0.25, 0.3) is 0 Å². The Morgan fingerprint density at radius 3 is 2.58 bits per heavy atom. The number of hydrogen-bond acceptors (Lipinski definition) is 4. The summed E-state index contributed by atoms with van der Waals surface area (Å²) in [7, 11) is 0. The third-order valence-corrected chi connectivity index (χ3v) is 2.04. The second kappa shape index (κ2) is 4.00. The fraction of sp³-hybridized carbons (Fsp3) is 0.750. The lowest BCUT2D eigenvalue weighted by molar-refractivity contribution is -0.163. The zero-order valence-electron chi connectivity index (χ0n) is 6.76. The van der Waals surface area contributed by atoms with E-state index < -0.39 is 24.4 Å². The second-order valence-electron chi connectivity index (χ2n) is 2.93. The molecule has 3 N–H and O–H groups in total. The summed E-state index contributed by atoms with van der Waals surface area (Å²) in [6, 6.07) is 0. The van der Waals surface area contributed by atoms with Gasteiger partial charge in [-0.1, -0.05) is 6.08 Å². The van der Waals surface area contributed by atoms with Gasteiger partial charge in [0.1, 0.15) is 12.2 Å². The van der Waals surface area contributed by atoms with Crippen LogP contribution in [0.4, 0.5) is 0 Å². The van der Waals surface area contributed by atoms with E-state index in [4.69, 9.17) is 9.84 Å². The van der Waals surface area contributed by atoms with E-state index in [0.29, 0.717) is 0 Å². The molecule has 0 aromatic heterocycles. The Hall–Kier alpha value is -0.420. The maximum atomic E-state index is 9.31. The van der Waals surface area contributed by atoms with Crippen LogP contribution in [0.15, 0.2) is 12.7 Å². The predicted molar refractivity (Wildman–Crippen MR) is 42.6 cm³/mol. The van der Waals surface area contributed by atoms with Crippen molar-refractivity contribution in [1.29, 1.82) is 0 Å². The van der Waals surface area contributed by atoms with Crippen molar-refractivity contribution < 1.29 is 20.1 Å². The quantitative estimate of drug-likeness (QED) is 0.472. The van der Waals surface area contributed by atoms with Crippen molar-refractivity contribution in [1.82, 2.24) is 0 Å². The lowest BCUT2D eigenvalue weighted by Crippen LogP contribution is -2.47.